The molecule has 0 bridgehead atoms. The lowest BCUT2D eigenvalue weighted by atomic mass is 10.1. The van der Waals surface area contributed by atoms with Crippen LogP contribution in [-0.2, 0) is 23.9 Å². The largest absolute Gasteiger partial charge is 0.351 e. The summed E-state index contributed by atoms with van der Waals surface area (Å²) >= 11 is 3.51. The molecular weight excluding hydrogens is 392 g/mol. The summed E-state index contributed by atoms with van der Waals surface area (Å²) in [4.78, 5) is 35.0. The highest BCUT2D eigenvalue weighted by Gasteiger charge is 2.44. The van der Waals surface area contributed by atoms with Crippen LogP contribution in [0.15, 0.2) is 0 Å². The molecule has 0 unspecified atom stereocenters. The normalized spacial score (nSPS) is 25.8. The molecule has 8 heteroatoms. The monoisotopic (exact) mass is 422 g/mol. The molecule has 0 N–H and O–H groups in total. The summed E-state index contributed by atoms with van der Waals surface area (Å²) in [6, 6.07) is 0. The molecule has 1 fully saturated rings. The van der Waals surface area contributed by atoms with E-state index in [2.05, 4.69) is 6.92 Å². The second-order valence-corrected chi connectivity index (χ2v) is 10.4. The number of hydrogen-bond acceptors (Lipinski definition) is 8. The minimum atomic E-state index is -0.532. The Bertz CT molecular complexity index is 472. The first-order valence-electron chi connectivity index (χ1n) is 9.10. The Morgan fingerprint density at radius 1 is 0.885 bits per heavy atom. The third-order valence-corrected chi connectivity index (χ3v) is 7.59. The van der Waals surface area contributed by atoms with Crippen molar-refractivity contribution in [2.24, 2.45) is 0 Å². The molecule has 5 nitrogen and oxygen atoms in total. The van der Waals surface area contributed by atoms with Gasteiger partial charge < -0.3 is 9.47 Å². The summed E-state index contributed by atoms with van der Waals surface area (Å²) in [5.74, 6) is 0. The minimum absolute atomic E-state index is 0.0189. The highest BCUT2D eigenvalue weighted by molar-refractivity contribution is 8.19. The predicted octanol–water partition coefficient (Wildman–Crippen LogP) is 4.27. The lowest BCUT2D eigenvalue weighted by Crippen LogP contribution is -2.50. The van der Waals surface area contributed by atoms with Gasteiger partial charge in [0.25, 0.3) is 0 Å². The number of rotatable bonds is 10. The zero-order valence-electron chi connectivity index (χ0n) is 16.0. The number of unbranched alkanes of at least 4 members (excludes halogenated alkanes) is 4. The molecule has 0 aromatic carbocycles. The number of carbonyl (C=O) groups excluding carboxylic acids is 3. The molecular formula is C18H30O5S3. The van der Waals surface area contributed by atoms with Gasteiger partial charge in [-0.2, -0.15) is 0 Å². The first-order chi connectivity index (χ1) is 12.3. The van der Waals surface area contributed by atoms with Gasteiger partial charge in [0.15, 0.2) is 21.6 Å². The Morgan fingerprint density at radius 2 is 1.46 bits per heavy atom. The van der Waals surface area contributed by atoms with Gasteiger partial charge in [0.05, 0.1) is 11.9 Å². The topological polar surface area (TPSA) is 69.7 Å². The van der Waals surface area contributed by atoms with Gasteiger partial charge in [-0.3, -0.25) is 14.4 Å². The second kappa shape index (κ2) is 13.2. The summed E-state index contributed by atoms with van der Waals surface area (Å²) in [6.07, 6.45) is 5.15. The molecule has 1 rings (SSSR count). The van der Waals surface area contributed by atoms with Crippen LogP contribution in [0.25, 0.3) is 0 Å². The van der Waals surface area contributed by atoms with E-state index in [4.69, 9.17) is 9.47 Å². The van der Waals surface area contributed by atoms with Crippen LogP contribution in [0.2, 0.25) is 0 Å². The Kier molecular flexibility index (Phi) is 12.2. The van der Waals surface area contributed by atoms with Crippen molar-refractivity contribution in [2.75, 3.05) is 13.2 Å². The highest BCUT2D eigenvalue weighted by atomic mass is 32.2. The van der Waals surface area contributed by atoms with Crippen LogP contribution in [0.3, 0.4) is 0 Å². The van der Waals surface area contributed by atoms with Crippen LogP contribution in [0.4, 0.5) is 0 Å². The first-order valence-corrected chi connectivity index (χ1v) is 11.7. The Balaban J connectivity index is 2.74. The molecule has 0 saturated carbocycles. The smallest absolute Gasteiger partial charge is 0.186 e. The van der Waals surface area contributed by atoms with Crippen molar-refractivity contribution >= 4 is 50.6 Å². The molecule has 0 radical (unpaired) electrons. The van der Waals surface area contributed by atoms with Crippen molar-refractivity contribution < 1.29 is 23.9 Å². The van der Waals surface area contributed by atoms with Crippen LogP contribution >= 0.6 is 35.3 Å². The van der Waals surface area contributed by atoms with Crippen molar-refractivity contribution in [1.29, 1.82) is 0 Å². The second-order valence-electron chi connectivity index (χ2n) is 6.28. The number of carbonyl (C=O) groups is 3. The van der Waals surface area contributed by atoms with Gasteiger partial charge in [-0.25, -0.2) is 0 Å². The molecule has 0 aliphatic carbocycles. The van der Waals surface area contributed by atoms with Gasteiger partial charge in [-0.05, 0) is 6.42 Å². The van der Waals surface area contributed by atoms with Crippen molar-refractivity contribution in [3.05, 3.63) is 0 Å². The van der Waals surface area contributed by atoms with Crippen molar-refractivity contribution in [3.8, 4) is 0 Å². The van der Waals surface area contributed by atoms with Gasteiger partial charge in [0.2, 0.25) is 0 Å². The summed E-state index contributed by atoms with van der Waals surface area (Å²) in [6.45, 7) is 7.61. The molecule has 26 heavy (non-hydrogen) atoms. The molecule has 1 heterocycles. The van der Waals surface area contributed by atoms with E-state index < -0.39 is 6.29 Å². The zero-order valence-corrected chi connectivity index (χ0v) is 18.5. The Morgan fingerprint density at radius 3 is 2.04 bits per heavy atom. The summed E-state index contributed by atoms with van der Waals surface area (Å²) in [5, 5.41) is -0.759. The Labute approximate surface area is 169 Å². The summed E-state index contributed by atoms with van der Waals surface area (Å²) < 4.78 is 11.8. The van der Waals surface area contributed by atoms with Crippen LogP contribution in [0.5, 0.6) is 0 Å². The maximum atomic E-state index is 11.7. The molecule has 0 aromatic heterocycles. The Hall–Kier alpha value is -0.0200. The lowest BCUT2D eigenvalue weighted by molar-refractivity contribution is -0.155. The standard InChI is InChI=1S/C18H30O5S3/c1-5-6-7-8-9-10-22-18-17(26-14(4)21)16(25-13(3)20)15(11-23-18)24-12(2)19/h15-18H,5-11H2,1-4H3/t15-,16+,17+,18+/m1/s1. The minimum Gasteiger partial charge on any atom is -0.351 e. The summed E-state index contributed by atoms with van der Waals surface area (Å²) in [5.41, 5.74) is 0. The molecule has 1 aliphatic rings. The summed E-state index contributed by atoms with van der Waals surface area (Å²) in [7, 11) is 0. The van der Waals surface area contributed by atoms with Crippen LogP contribution in [0.1, 0.15) is 59.8 Å². The van der Waals surface area contributed by atoms with Gasteiger partial charge in [0, 0.05) is 37.9 Å². The van der Waals surface area contributed by atoms with Gasteiger partial charge in [0.1, 0.15) is 0 Å². The number of ether oxygens (including phenoxy) is 2. The van der Waals surface area contributed by atoms with E-state index in [-0.39, 0.29) is 31.1 Å². The van der Waals surface area contributed by atoms with Crippen molar-refractivity contribution in [2.45, 2.75) is 81.8 Å². The maximum Gasteiger partial charge on any atom is 0.186 e. The first kappa shape index (κ1) is 24.0. The quantitative estimate of drug-likeness (QED) is 0.483. The highest BCUT2D eigenvalue weighted by Crippen LogP contribution is 2.40. The van der Waals surface area contributed by atoms with E-state index in [1.165, 1.54) is 63.6 Å². The van der Waals surface area contributed by atoms with Crippen LogP contribution in [-0.4, -0.2) is 50.6 Å². The number of hydrogen-bond donors (Lipinski definition) is 0. The lowest BCUT2D eigenvalue weighted by Gasteiger charge is -2.40. The van der Waals surface area contributed by atoms with Crippen LogP contribution < -0.4 is 0 Å². The molecule has 0 spiro atoms. The predicted molar refractivity (Wildman–Crippen MR) is 111 cm³/mol. The molecule has 0 amide bonds. The molecule has 4 atom stereocenters. The van der Waals surface area contributed by atoms with Gasteiger partial charge in [-0.1, -0.05) is 67.9 Å². The fourth-order valence-corrected chi connectivity index (χ4v) is 6.25. The molecule has 0 aromatic rings. The van der Waals surface area contributed by atoms with Crippen molar-refractivity contribution in [3.63, 3.8) is 0 Å². The van der Waals surface area contributed by atoms with Gasteiger partial charge in [-0.15, -0.1) is 0 Å². The average molecular weight is 423 g/mol. The van der Waals surface area contributed by atoms with Crippen molar-refractivity contribution in [1.82, 2.24) is 0 Å². The third-order valence-electron chi connectivity index (χ3n) is 3.83. The average Bonchev–Trinajstić information content (AvgIpc) is 2.54. The SMILES string of the molecule is CCCCCCCO[C@H]1OC[C@@H](SC(C)=O)[C@H](SC(C)=O)[C@@H]1SC(C)=O. The van der Waals surface area contributed by atoms with E-state index in [0.717, 1.165) is 24.6 Å². The van der Waals surface area contributed by atoms with E-state index in [9.17, 15) is 14.4 Å². The third kappa shape index (κ3) is 9.26. The fourth-order valence-electron chi connectivity index (χ4n) is 2.76. The zero-order chi connectivity index (χ0) is 19.5. The molecule has 1 aliphatic heterocycles. The molecule has 1 saturated heterocycles. The fraction of sp³-hybridized carbons (Fsp3) is 0.833. The van der Waals surface area contributed by atoms with Gasteiger partial charge >= 0.3 is 0 Å². The van der Waals surface area contributed by atoms with E-state index in [1.807, 2.05) is 0 Å². The van der Waals surface area contributed by atoms with Crippen LogP contribution in [0, 0.1) is 0 Å². The van der Waals surface area contributed by atoms with E-state index in [1.54, 1.807) is 0 Å². The maximum absolute atomic E-state index is 11.7. The molecule has 150 valence electrons. The van der Waals surface area contributed by atoms with E-state index in [0.29, 0.717) is 13.2 Å². The number of thioether (sulfide) groups is 3. The van der Waals surface area contributed by atoms with E-state index >= 15 is 0 Å².